The zero-order valence-corrected chi connectivity index (χ0v) is 14.2. The maximum Gasteiger partial charge on any atom is 0.264 e. The molecule has 116 valence electrons. The van der Waals surface area contributed by atoms with Crippen LogP contribution in [-0.4, -0.2) is 17.2 Å². The molecule has 0 saturated heterocycles. The minimum Gasteiger partial charge on any atom is -0.268 e. The maximum absolute atomic E-state index is 13.3. The van der Waals surface area contributed by atoms with Gasteiger partial charge in [0.05, 0.1) is 5.52 Å². The van der Waals surface area contributed by atoms with E-state index < -0.39 is 0 Å². The molecule has 0 aliphatic rings. The van der Waals surface area contributed by atoms with Gasteiger partial charge in [-0.05, 0) is 17.5 Å². The van der Waals surface area contributed by atoms with Crippen molar-refractivity contribution in [2.75, 3.05) is 0 Å². The summed E-state index contributed by atoms with van der Waals surface area (Å²) >= 11 is 1.67. The molecular formula is C20H11BN2OS. The van der Waals surface area contributed by atoms with Crippen molar-refractivity contribution in [2.24, 2.45) is 0 Å². The van der Waals surface area contributed by atoms with Gasteiger partial charge >= 0.3 is 0 Å². The second-order valence-electron chi connectivity index (χ2n) is 6.55. The number of nitrogens with zero attached hydrogens (tertiary/aromatic N) is 2. The van der Waals surface area contributed by atoms with E-state index in [1.807, 2.05) is 47.1 Å². The van der Waals surface area contributed by atoms with Crippen LogP contribution in [0.25, 0.3) is 47.4 Å². The van der Waals surface area contributed by atoms with Gasteiger partial charge in [-0.15, -0.1) is 11.3 Å². The lowest BCUT2D eigenvalue weighted by Gasteiger charge is -2.07. The van der Waals surface area contributed by atoms with Gasteiger partial charge in [0.1, 0.15) is 12.7 Å². The smallest absolute Gasteiger partial charge is 0.264 e. The Morgan fingerprint density at radius 3 is 2.64 bits per heavy atom. The molecule has 0 N–H and O–H groups in total. The van der Waals surface area contributed by atoms with Crippen molar-refractivity contribution in [1.29, 1.82) is 0 Å². The Labute approximate surface area is 146 Å². The van der Waals surface area contributed by atoms with Crippen LogP contribution >= 0.6 is 11.3 Å². The SMILES string of the molecule is Bc1cc2c3ccccc3c(=O)n3c4sc5ccncc5c4c(c1)c23. The fraction of sp³-hybridized carbons (Fsp3) is 0. The first-order valence-corrected chi connectivity index (χ1v) is 9.01. The van der Waals surface area contributed by atoms with Crippen molar-refractivity contribution >= 4 is 72.0 Å². The third-order valence-electron chi connectivity index (χ3n) is 5.07. The van der Waals surface area contributed by atoms with Crippen LogP contribution in [0.2, 0.25) is 0 Å². The minimum atomic E-state index is 0.0615. The Kier molecular flexibility index (Phi) is 2.34. The quantitative estimate of drug-likeness (QED) is 0.315. The van der Waals surface area contributed by atoms with Gasteiger partial charge in [-0.25, -0.2) is 0 Å². The minimum absolute atomic E-state index is 0.0615. The van der Waals surface area contributed by atoms with Crippen LogP contribution in [0.3, 0.4) is 0 Å². The average Bonchev–Trinajstić information content (AvgIpc) is 3.15. The van der Waals surface area contributed by atoms with Crippen LogP contribution in [0, 0.1) is 0 Å². The number of hydrogen-bond acceptors (Lipinski definition) is 3. The van der Waals surface area contributed by atoms with Crippen molar-refractivity contribution in [1.82, 2.24) is 9.38 Å². The van der Waals surface area contributed by atoms with Gasteiger partial charge in [0.25, 0.3) is 5.56 Å². The average molecular weight is 338 g/mol. The first-order valence-electron chi connectivity index (χ1n) is 8.19. The van der Waals surface area contributed by atoms with Gasteiger partial charge < -0.3 is 0 Å². The highest BCUT2D eigenvalue weighted by molar-refractivity contribution is 7.25. The first kappa shape index (κ1) is 13.4. The lowest BCUT2D eigenvalue weighted by atomic mass is 9.91. The monoisotopic (exact) mass is 338 g/mol. The standard InChI is InChI=1S/C20H11BN2OS/c21-10-7-13-11-3-1-2-4-12(11)19(24)23-18(13)14(8-10)17-15-9-22-6-5-16(15)25-20(17)23/h1-9H,21H2. The van der Waals surface area contributed by atoms with E-state index in [1.54, 1.807) is 11.3 Å². The number of pyridine rings is 2. The number of rotatable bonds is 0. The molecule has 0 aliphatic carbocycles. The van der Waals surface area contributed by atoms with Gasteiger partial charge in [-0.2, -0.15) is 0 Å². The van der Waals surface area contributed by atoms with Gasteiger partial charge in [0.2, 0.25) is 0 Å². The summed E-state index contributed by atoms with van der Waals surface area (Å²) in [6, 6.07) is 14.3. The molecule has 0 aliphatic heterocycles. The predicted molar refractivity (Wildman–Crippen MR) is 109 cm³/mol. The topological polar surface area (TPSA) is 34.4 Å². The molecule has 4 heterocycles. The third-order valence-corrected chi connectivity index (χ3v) is 6.23. The summed E-state index contributed by atoms with van der Waals surface area (Å²) in [6.45, 7) is 0. The zero-order chi connectivity index (χ0) is 16.7. The van der Waals surface area contributed by atoms with Crippen molar-refractivity contribution in [3.8, 4) is 0 Å². The van der Waals surface area contributed by atoms with E-state index in [2.05, 4.69) is 25.0 Å². The van der Waals surface area contributed by atoms with E-state index >= 15 is 0 Å². The van der Waals surface area contributed by atoms with Crippen molar-refractivity contribution in [3.63, 3.8) is 0 Å². The Morgan fingerprint density at radius 2 is 1.76 bits per heavy atom. The first-order chi connectivity index (χ1) is 12.2. The van der Waals surface area contributed by atoms with Crippen LogP contribution in [0.1, 0.15) is 0 Å². The van der Waals surface area contributed by atoms with Crippen LogP contribution in [0.5, 0.6) is 0 Å². The summed E-state index contributed by atoms with van der Waals surface area (Å²) < 4.78 is 3.08. The molecule has 0 bridgehead atoms. The predicted octanol–water partition coefficient (Wildman–Crippen LogP) is 3.07. The summed E-state index contributed by atoms with van der Waals surface area (Å²) in [6.07, 6.45) is 3.72. The number of fused-ring (bicyclic) bond motifs is 7. The lowest BCUT2D eigenvalue weighted by molar-refractivity contribution is 1.22. The Balaban J connectivity index is 2.10. The van der Waals surface area contributed by atoms with E-state index in [4.69, 9.17) is 0 Å². The van der Waals surface area contributed by atoms with Gasteiger partial charge in [-0.1, -0.05) is 35.8 Å². The van der Waals surface area contributed by atoms with E-state index in [0.29, 0.717) is 0 Å². The van der Waals surface area contributed by atoms with Gasteiger partial charge in [-0.3, -0.25) is 14.2 Å². The highest BCUT2D eigenvalue weighted by Gasteiger charge is 2.20. The Morgan fingerprint density at radius 1 is 0.960 bits per heavy atom. The molecule has 2 aromatic carbocycles. The van der Waals surface area contributed by atoms with Crippen LogP contribution in [0.15, 0.2) is 59.7 Å². The molecule has 6 aromatic rings. The molecule has 6 rings (SSSR count). The largest absolute Gasteiger partial charge is 0.268 e. The summed E-state index contributed by atoms with van der Waals surface area (Å²) in [5.41, 5.74) is 2.29. The molecule has 5 heteroatoms. The van der Waals surface area contributed by atoms with Gasteiger partial charge in [0.15, 0.2) is 0 Å². The number of aromatic nitrogens is 2. The molecule has 0 fully saturated rings. The highest BCUT2D eigenvalue weighted by Crippen LogP contribution is 2.41. The van der Waals surface area contributed by atoms with Crippen molar-refractivity contribution < 1.29 is 0 Å². The highest BCUT2D eigenvalue weighted by atomic mass is 32.1. The van der Waals surface area contributed by atoms with Crippen molar-refractivity contribution in [3.05, 3.63) is 65.2 Å². The lowest BCUT2D eigenvalue weighted by Crippen LogP contribution is -2.13. The normalized spacial score (nSPS) is 12.3. The summed E-state index contributed by atoms with van der Waals surface area (Å²) in [5, 5.41) is 6.37. The van der Waals surface area contributed by atoms with E-state index in [-0.39, 0.29) is 5.56 Å². The van der Waals surface area contributed by atoms with E-state index in [1.165, 1.54) is 10.2 Å². The Hall–Kier alpha value is -2.92. The second-order valence-corrected chi connectivity index (χ2v) is 7.58. The van der Waals surface area contributed by atoms with Crippen LogP contribution in [-0.2, 0) is 0 Å². The molecule has 25 heavy (non-hydrogen) atoms. The number of thiophene rings is 1. The Bertz CT molecular complexity index is 1530. The molecule has 0 atom stereocenters. The molecule has 0 spiro atoms. The maximum atomic E-state index is 13.3. The summed E-state index contributed by atoms with van der Waals surface area (Å²) in [7, 11) is 2.12. The molecule has 0 saturated carbocycles. The van der Waals surface area contributed by atoms with Gasteiger partial charge in [0, 0.05) is 44.0 Å². The molecule has 0 unspecified atom stereocenters. The second kappa shape index (κ2) is 4.38. The third kappa shape index (κ3) is 1.52. The molecule has 0 radical (unpaired) electrons. The zero-order valence-electron chi connectivity index (χ0n) is 13.4. The number of benzene rings is 2. The van der Waals surface area contributed by atoms with Crippen molar-refractivity contribution in [2.45, 2.75) is 0 Å². The molecule has 4 aromatic heterocycles. The fourth-order valence-electron chi connectivity index (χ4n) is 4.08. The summed E-state index contributed by atoms with van der Waals surface area (Å²) in [5.74, 6) is 0. The molecule has 0 amide bonds. The fourth-order valence-corrected chi connectivity index (χ4v) is 5.27. The van der Waals surface area contributed by atoms with Crippen LogP contribution < -0.4 is 11.0 Å². The van der Waals surface area contributed by atoms with Crippen LogP contribution in [0.4, 0.5) is 0 Å². The number of hydrogen-bond donors (Lipinski definition) is 0. The van der Waals surface area contributed by atoms with E-state index in [0.717, 1.165) is 42.7 Å². The molecule has 3 nitrogen and oxygen atoms in total. The summed E-state index contributed by atoms with van der Waals surface area (Å²) in [4.78, 5) is 18.6. The van der Waals surface area contributed by atoms with E-state index in [9.17, 15) is 4.79 Å². The molecular weight excluding hydrogens is 327 g/mol.